The van der Waals surface area contributed by atoms with Gasteiger partial charge in [-0.15, -0.1) is 0 Å². The number of Topliss-reactive ketones (excluding diaryl/α,β-unsaturated/α-hetero) is 1. The molecular formula is C15H11ClFN5O. The topological polar surface area (TPSA) is 73.6 Å². The molecule has 1 saturated carbocycles. The van der Waals surface area contributed by atoms with Crippen LogP contribution in [-0.4, -0.2) is 30.5 Å². The summed E-state index contributed by atoms with van der Waals surface area (Å²) in [5.41, 5.74) is 1.25. The predicted octanol–water partition coefficient (Wildman–Crippen LogP) is 3.22. The average molecular weight is 332 g/mol. The van der Waals surface area contributed by atoms with Crippen LogP contribution < -0.4 is 0 Å². The highest BCUT2D eigenvalue weighted by Crippen LogP contribution is 2.37. The number of ketones is 1. The number of carbonyl (C=O) groups excluding carboxylic acids is 1. The zero-order chi connectivity index (χ0) is 16.1. The molecule has 116 valence electrons. The molecule has 0 saturated heterocycles. The molecule has 3 heterocycles. The highest BCUT2D eigenvalue weighted by Gasteiger charge is 2.30. The van der Waals surface area contributed by atoms with Crippen LogP contribution in [0.4, 0.5) is 4.39 Å². The second-order valence-corrected chi connectivity index (χ2v) is 5.82. The Labute approximate surface area is 135 Å². The van der Waals surface area contributed by atoms with Crippen LogP contribution >= 0.6 is 11.6 Å². The van der Waals surface area contributed by atoms with Crippen molar-refractivity contribution in [2.24, 2.45) is 0 Å². The number of aromatic nitrogens is 5. The summed E-state index contributed by atoms with van der Waals surface area (Å²) in [6, 6.07) is 3.57. The van der Waals surface area contributed by atoms with Gasteiger partial charge in [0.2, 0.25) is 5.28 Å². The minimum absolute atomic E-state index is 0.0113. The average Bonchev–Trinajstić information content (AvgIpc) is 3.29. The van der Waals surface area contributed by atoms with Gasteiger partial charge in [-0.05, 0) is 36.6 Å². The molecule has 0 aliphatic heterocycles. The normalized spacial score (nSPS) is 14.4. The highest BCUT2D eigenvalue weighted by molar-refractivity contribution is 6.28. The first-order chi connectivity index (χ1) is 11.0. The third kappa shape index (κ3) is 2.37. The molecule has 0 unspecified atom stereocenters. The maximum Gasteiger partial charge on any atom is 0.223 e. The molecule has 8 heteroatoms. The summed E-state index contributed by atoms with van der Waals surface area (Å²) >= 11 is 5.72. The number of rotatable bonds is 3. The first-order valence-electron chi connectivity index (χ1n) is 7.13. The zero-order valence-corrected chi connectivity index (χ0v) is 12.9. The summed E-state index contributed by atoms with van der Waals surface area (Å²) in [7, 11) is 0. The van der Waals surface area contributed by atoms with Crippen molar-refractivity contribution < 1.29 is 9.18 Å². The Hall–Kier alpha value is -2.41. The molecule has 1 aliphatic rings. The zero-order valence-electron chi connectivity index (χ0n) is 12.1. The van der Waals surface area contributed by atoms with E-state index in [4.69, 9.17) is 11.6 Å². The largest absolute Gasteiger partial charge is 0.293 e. The van der Waals surface area contributed by atoms with E-state index in [1.165, 1.54) is 6.92 Å². The molecule has 6 nitrogen and oxygen atoms in total. The van der Waals surface area contributed by atoms with Crippen LogP contribution in [0.3, 0.4) is 0 Å². The van der Waals surface area contributed by atoms with Crippen molar-refractivity contribution in [2.75, 3.05) is 0 Å². The van der Waals surface area contributed by atoms with Crippen LogP contribution in [0, 0.1) is 5.82 Å². The third-order valence-electron chi connectivity index (χ3n) is 3.75. The maximum absolute atomic E-state index is 13.9. The quantitative estimate of drug-likeness (QED) is 0.544. The number of pyridine rings is 1. The van der Waals surface area contributed by atoms with Crippen LogP contribution in [0.5, 0.6) is 0 Å². The number of halogens is 2. The Kier molecular flexibility index (Phi) is 3.12. The van der Waals surface area contributed by atoms with E-state index in [1.54, 1.807) is 16.8 Å². The Bertz CT molecular complexity index is 950. The van der Waals surface area contributed by atoms with E-state index in [0.717, 1.165) is 19.0 Å². The van der Waals surface area contributed by atoms with E-state index in [-0.39, 0.29) is 22.8 Å². The fourth-order valence-corrected chi connectivity index (χ4v) is 2.71. The molecule has 0 atom stereocenters. The minimum atomic E-state index is -0.616. The van der Waals surface area contributed by atoms with Gasteiger partial charge in [-0.3, -0.25) is 9.48 Å². The van der Waals surface area contributed by atoms with E-state index in [2.05, 4.69) is 20.1 Å². The van der Waals surface area contributed by atoms with Crippen LogP contribution in [-0.2, 0) is 0 Å². The Morgan fingerprint density at radius 1 is 1.35 bits per heavy atom. The van der Waals surface area contributed by atoms with Crippen molar-refractivity contribution in [3.63, 3.8) is 0 Å². The van der Waals surface area contributed by atoms with Gasteiger partial charge in [0.25, 0.3) is 0 Å². The summed E-state index contributed by atoms with van der Waals surface area (Å²) in [4.78, 5) is 23.8. The third-order valence-corrected chi connectivity index (χ3v) is 3.93. The maximum atomic E-state index is 13.9. The lowest BCUT2D eigenvalue weighted by molar-refractivity contribution is 0.100. The van der Waals surface area contributed by atoms with E-state index < -0.39 is 5.82 Å². The van der Waals surface area contributed by atoms with Crippen LogP contribution in [0.15, 0.2) is 18.3 Å². The number of carbonyl (C=O) groups is 1. The Morgan fingerprint density at radius 3 is 2.83 bits per heavy atom. The summed E-state index contributed by atoms with van der Waals surface area (Å²) in [6.07, 6.45) is 2.99. The lowest BCUT2D eigenvalue weighted by Crippen LogP contribution is -2.06. The summed E-state index contributed by atoms with van der Waals surface area (Å²) in [5.74, 6) is -0.681. The lowest BCUT2D eigenvalue weighted by atomic mass is 10.1. The van der Waals surface area contributed by atoms with E-state index in [0.29, 0.717) is 22.4 Å². The van der Waals surface area contributed by atoms with Crippen molar-refractivity contribution in [1.82, 2.24) is 24.7 Å². The first kappa shape index (κ1) is 14.2. The van der Waals surface area contributed by atoms with Crippen LogP contribution in [0.2, 0.25) is 5.28 Å². The fraction of sp³-hybridized carbons (Fsp3) is 0.267. The monoisotopic (exact) mass is 331 g/mol. The lowest BCUT2D eigenvalue weighted by Gasteiger charge is -2.02. The van der Waals surface area contributed by atoms with Gasteiger partial charge in [0.1, 0.15) is 11.4 Å². The molecule has 23 heavy (non-hydrogen) atoms. The molecule has 3 aromatic heterocycles. The van der Waals surface area contributed by atoms with Crippen LogP contribution in [0.25, 0.3) is 22.4 Å². The summed E-state index contributed by atoms with van der Waals surface area (Å²) < 4.78 is 15.6. The molecule has 0 bridgehead atoms. The molecule has 1 fully saturated rings. The van der Waals surface area contributed by atoms with Gasteiger partial charge >= 0.3 is 0 Å². The smallest absolute Gasteiger partial charge is 0.223 e. The second kappa shape index (κ2) is 5.06. The number of fused-ring (bicyclic) bond motifs is 1. The molecular weight excluding hydrogens is 321 g/mol. The summed E-state index contributed by atoms with van der Waals surface area (Å²) in [5, 5.41) is 5.02. The van der Waals surface area contributed by atoms with Gasteiger partial charge in [0.15, 0.2) is 17.2 Å². The summed E-state index contributed by atoms with van der Waals surface area (Å²) in [6.45, 7) is 1.51. The minimum Gasteiger partial charge on any atom is -0.293 e. The Balaban J connectivity index is 1.91. The molecule has 1 aliphatic carbocycles. The molecule has 0 spiro atoms. The van der Waals surface area contributed by atoms with E-state index in [1.807, 2.05) is 0 Å². The van der Waals surface area contributed by atoms with Crippen molar-refractivity contribution in [3.05, 3.63) is 35.1 Å². The molecule has 3 aromatic rings. The first-order valence-corrected chi connectivity index (χ1v) is 7.51. The number of nitrogens with zero attached hydrogens (tertiary/aromatic N) is 5. The van der Waals surface area contributed by atoms with Gasteiger partial charge in [0, 0.05) is 6.92 Å². The second-order valence-electron chi connectivity index (χ2n) is 5.48. The van der Waals surface area contributed by atoms with Gasteiger partial charge < -0.3 is 0 Å². The van der Waals surface area contributed by atoms with Crippen molar-refractivity contribution in [2.45, 2.75) is 25.8 Å². The predicted molar refractivity (Wildman–Crippen MR) is 81.8 cm³/mol. The van der Waals surface area contributed by atoms with Gasteiger partial charge in [-0.1, -0.05) is 0 Å². The number of hydrogen-bond acceptors (Lipinski definition) is 5. The molecule has 0 amide bonds. The molecule has 0 aromatic carbocycles. The molecule has 0 radical (unpaired) electrons. The number of hydrogen-bond donors (Lipinski definition) is 0. The molecule has 4 rings (SSSR count). The van der Waals surface area contributed by atoms with Gasteiger partial charge in [-0.25, -0.2) is 19.3 Å². The fourth-order valence-electron chi connectivity index (χ4n) is 2.58. The highest BCUT2D eigenvalue weighted by atomic mass is 35.5. The van der Waals surface area contributed by atoms with Crippen LogP contribution in [0.1, 0.15) is 36.3 Å². The van der Waals surface area contributed by atoms with Gasteiger partial charge in [-0.2, -0.15) is 5.10 Å². The van der Waals surface area contributed by atoms with E-state index in [9.17, 15) is 9.18 Å². The van der Waals surface area contributed by atoms with Gasteiger partial charge in [0.05, 0.1) is 23.3 Å². The molecule has 0 N–H and O–H groups in total. The van der Waals surface area contributed by atoms with Crippen molar-refractivity contribution in [3.8, 4) is 11.4 Å². The Morgan fingerprint density at radius 2 is 2.13 bits per heavy atom. The van der Waals surface area contributed by atoms with E-state index >= 15 is 0 Å². The van der Waals surface area contributed by atoms with Crippen molar-refractivity contribution >= 4 is 28.4 Å². The SMILES string of the molecule is CC(=O)c1c2ccc(-c3nc(Cl)ncc3F)nc2nn1C1CC1. The van der Waals surface area contributed by atoms with Crippen molar-refractivity contribution in [1.29, 1.82) is 0 Å². The standard InChI is InChI=1S/C15H11ClFN5O/c1-7(23)13-9-4-5-11(12-10(17)6-18-15(16)20-12)19-14(9)21-22(13)8-2-3-8/h4-6,8H,2-3H2,1H3.